The Morgan fingerprint density at radius 1 is 1.73 bits per heavy atom. The molecule has 0 saturated heterocycles. The Bertz CT molecular complexity index is 288. The highest BCUT2D eigenvalue weighted by Gasteiger charge is 2.06. The van der Waals surface area contributed by atoms with Gasteiger partial charge in [-0.05, 0) is 35.0 Å². The normalized spacial score (nSPS) is 12.2. The molecule has 0 N–H and O–H groups in total. The second kappa shape index (κ2) is 3.51. The number of halogens is 1. The van der Waals surface area contributed by atoms with Crippen LogP contribution in [-0.2, 0) is 4.79 Å². The van der Waals surface area contributed by atoms with Crippen LogP contribution in [0.25, 0.3) is 0 Å². The molecule has 0 saturated carbocycles. The first kappa shape index (κ1) is 8.24. The summed E-state index contributed by atoms with van der Waals surface area (Å²) in [5.74, 6) is 0.653. The molecule has 0 amide bonds. The van der Waals surface area contributed by atoms with Crippen molar-refractivity contribution in [1.82, 2.24) is 0 Å². The summed E-state index contributed by atoms with van der Waals surface area (Å²) in [4.78, 5) is 13.3. The SMILES string of the molecule is CC(N=C=O)c1ccc(Br)o1. The van der Waals surface area contributed by atoms with E-state index in [0.717, 1.165) is 0 Å². The lowest BCUT2D eigenvalue weighted by atomic mass is 10.3. The van der Waals surface area contributed by atoms with Crippen LogP contribution in [0, 0.1) is 0 Å². The molecule has 0 bridgehead atoms. The van der Waals surface area contributed by atoms with Crippen LogP contribution in [-0.4, -0.2) is 6.08 Å². The Morgan fingerprint density at radius 2 is 2.45 bits per heavy atom. The van der Waals surface area contributed by atoms with Crippen LogP contribution >= 0.6 is 15.9 Å². The Morgan fingerprint density at radius 3 is 2.91 bits per heavy atom. The van der Waals surface area contributed by atoms with Crippen LogP contribution in [0.2, 0.25) is 0 Å². The molecule has 0 fully saturated rings. The zero-order valence-electron chi connectivity index (χ0n) is 5.87. The summed E-state index contributed by atoms with van der Waals surface area (Å²) < 4.78 is 5.78. The Balaban J connectivity index is 2.84. The van der Waals surface area contributed by atoms with Crippen molar-refractivity contribution in [2.75, 3.05) is 0 Å². The monoisotopic (exact) mass is 215 g/mol. The van der Waals surface area contributed by atoms with E-state index in [1.165, 1.54) is 6.08 Å². The molecule has 0 aliphatic heterocycles. The largest absolute Gasteiger partial charge is 0.452 e. The second-order valence-corrected chi connectivity index (χ2v) is 2.82. The van der Waals surface area contributed by atoms with Crippen molar-refractivity contribution in [3.63, 3.8) is 0 Å². The maximum absolute atomic E-state index is 9.85. The van der Waals surface area contributed by atoms with E-state index in [4.69, 9.17) is 4.42 Å². The Kier molecular flexibility index (Phi) is 2.63. The molecule has 0 spiro atoms. The first-order valence-corrected chi connectivity index (χ1v) is 3.85. The molecule has 3 nitrogen and oxygen atoms in total. The van der Waals surface area contributed by atoms with E-state index in [0.29, 0.717) is 10.4 Å². The zero-order chi connectivity index (χ0) is 8.27. The fourth-order valence-electron chi connectivity index (χ4n) is 0.695. The highest BCUT2D eigenvalue weighted by atomic mass is 79.9. The summed E-state index contributed by atoms with van der Waals surface area (Å²) in [6.45, 7) is 1.76. The van der Waals surface area contributed by atoms with E-state index in [9.17, 15) is 4.79 Å². The van der Waals surface area contributed by atoms with E-state index in [1.54, 1.807) is 19.1 Å². The third-order valence-corrected chi connectivity index (χ3v) is 1.68. The zero-order valence-corrected chi connectivity index (χ0v) is 7.46. The first-order chi connectivity index (χ1) is 5.24. The molecule has 4 heteroatoms. The van der Waals surface area contributed by atoms with Crippen LogP contribution in [0.4, 0.5) is 0 Å². The summed E-state index contributed by atoms with van der Waals surface area (Å²) >= 11 is 3.14. The van der Waals surface area contributed by atoms with Crippen LogP contribution in [0.15, 0.2) is 26.2 Å². The van der Waals surface area contributed by atoms with Crippen molar-refractivity contribution >= 4 is 22.0 Å². The van der Waals surface area contributed by atoms with Gasteiger partial charge in [0.2, 0.25) is 6.08 Å². The minimum Gasteiger partial charge on any atom is -0.452 e. The van der Waals surface area contributed by atoms with Crippen LogP contribution in [0.5, 0.6) is 0 Å². The van der Waals surface area contributed by atoms with Gasteiger partial charge < -0.3 is 4.42 Å². The summed E-state index contributed by atoms with van der Waals surface area (Å²) in [6, 6.07) is 3.26. The van der Waals surface area contributed by atoms with E-state index >= 15 is 0 Å². The van der Waals surface area contributed by atoms with E-state index < -0.39 is 0 Å². The van der Waals surface area contributed by atoms with Crippen LogP contribution < -0.4 is 0 Å². The maximum Gasteiger partial charge on any atom is 0.235 e. The molecule has 1 aromatic rings. The lowest BCUT2D eigenvalue weighted by molar-refractivity contribution is 0.460. The molecular formula is C7H6BrNO2. The minimum absolute atomic E-state index is 0.251. The topological polar surface area (TPSA) is 42.6 Å². The van der Waals surface area contributed by atoms with Crippen molar-refractivity contribution < 1.29 is 9.21 Å². The molecule has 1 rings (SSSR count). The van der Waals surface area contributed by atoms with Crippen molar-refractivity contribution in [3.8, 4) is 0 Å². The number of hydrogen-bond donors (Lipinski definition) is 0. The summed E-state index contributed by atoms with van der Waals surface area (Å²) in [7, 11) is 0. The number of furan rings is 1. The lowest BCUT2D eigenvalue weighted by Crippen LogP contribution is -1.83. The van der Waals surface area contributed by atoms with Gasteiger partial charge in [-0.3, -0.25) is 0 Å². The quantitative estimate of drug-likeness (QED) is 0.562. The fraction of sp³-hybridized carbons (Fsp3) is 0.286. The lowest BCUT2D eigenvalue weighted by Gasteiger charge is -1.95. The molecule has 1 heterocycles. The molecule has 0 aliphatic carbocycles. The standard InChI is InChI=1S/C7H6BrNO2/c1-5(9-4-10)6-2-3-7(8)11-6/h2-3,5H,1H3. The number of carbonyl (C=O) groups excluding carboxylic acids is 1. The molecule has 0 aliphatic rings. The van der Waals surface area contributed by atoms with Gasteiger partial charge in [0.25, 0.3) is 0 Å². The molecule has 58 valence electrons. The van der Waals surface area contributed by atoms with Gasteiger partial charge in [0.1, 0.15) is 11.8 Å². The summed E-state index contributed by atoms with van der Waals surface area (Å²) in [5.41, 5.74) is 0. The summed E-state index contributed by atoms with van der Waals surface area (Å²) in [6.07, 6.45) is 1.47. The van der Waals surface area contributed by atoms with Gasteiger partial charge >= 0.3 is 0 Å². The number of aliphatic imine (C=N–C) groups is 1. The molecular weight excluding hydrogens is 210 g/mol. The molecule has 1 atom stereocenters. The van der Waals surface area contributed by atoms with Gasteiger partial charge in [0.15, 0.2) is 4.67 Å². The van der Waals surface area contributed by atoms with Crippen LogP contribution in [0.3, 0.4) is 0 Å². The molecule has 0 aromatic carbocycles. The minimum atomic E-state index is -0.251. The molecule has 1 unspecified atom stereocenters. The average molecular weight is 216 g/mol. The van der Waals surface area contributed by atoms with Crippen molar-refractivity contribution in [3.05, 3.63) is 22.6 Å². The van der Waals surface area contributed by atoms with Gasteiger partial charge in [0, 0.05) is 0 Å². The third-order valence-electron chi connectivity index (χ3n) is 1.25. The average Bonchev–Trinajstić information content (AvgIpc) is 2.36. The number of rotatable bonds is 2. The van der Waals surface area contributed by atoms with Gasteiger partial charge in [-0.2, -0.15) is 4.99 Å². The molecule has 1 aromatic heterocycles. The third kappa shape index (κ3) is 2.03. The summed E-state index contributed by atoms with van der Waals surface area (Å²) in [5, 5.41) is 0. The molecule has 0 radical (unpaired) electrons. The fourth-order valence-corrected chi connectivity index (χ4v) is 1.01. The Hall–Kier alpha value is -0.860. The van der Waals surface area contributed by atoms with Crippen molar-refractivity contribution in [2.45, 2.75) is 13.0 Å². The predicted molar refractivity (Wildman–Crippen MR) is 42.9 cm³/mol. The van der Waals surface area contributed by atoms with Crippen molar-refractivity contribution in [1.29, 1.82) is 0 Å². The number of isocyanates is 1. The van der Waals surface area contributed by atoms with Gasteiger partial charge in [-0.25, -0.2) is 4.79 Å². The number of hydrogen-bond acceptors (Lipinski definition) is 3. The van der Waals surface area contributed by atoms with Crippen molar-refractivity contribution in [2.24, 2.45) is 4.99 Å². The Labute approximate surface area is 72.2 Å². The highest BCUT2D eigenvalue weighted by Crippen LogP contribution is 2.21. The van der Waals surface area contributed by atoms with Gasteiger partial charge in [-0.1, -0.05) is 0 Å². The van der Waals surface area contributed by atoms with E-state index in [1.807, 2.05) is 0 Å². The maximum atomic E-state index is 9.85. The second-order valence-electron chi connectivity index (χ2n) is 2.04. The number of nitrogens with zero attached hydrogens (tertiary/aromatic N) is 1. The predicted octanol–water partition coefficient (Wildman–Crippen LogP) is 2.44. The molecule has 11 heavy (non-hydrogen) atoms. The smallest absolute Gasteiger partial charge is 0.235 e. The van der Waals surface area contributed by atoms with Gasteiger partial charge in [-0.15, -0.1) is 0 Å². The van der Waals surface area contributed by atoms with Gasteiger partial charge in [0.05, 0.1) is 0 Å². The highest BCUT2D eigenvalue weighted by molar-refractivity contribution is 9.10. The van der Waals surface area contributed by atoms with E-state index in [-0.39, 0.29) is 6.04 Å². The first-order valence-electron chi connectivity index (χ1n) is 3.06. The van der Waals surface area contributed by atoms with Crippen LogP contribution in [0.1, 0.15) is 18.7 Å². The van der Waals surface area contributed by atoms with E-state index in [2.05, 4.69) is 20.9 Å².